The zero-order valence-corrected chi connectivity index (χ0v) is 8.36. The summed E-state index contributed by atoms with van der Waals surface area (Å²) in [5.74, 6) is 0. The first-order valence-corrected chi connectivity index (χ1v) is 4.83. The molecule has 0 unspecified atom stereocenters. The summed E-state index contributed by atoms with van der Waals surface area (Å²) in [7, 11) is 0. The standard InChI is InChI=1S/C11H9N5/c12-7-2-1-6-4-14-5-8(6)10-9(3-7)15-11(13)16-10/h1-5,13-14H,12H2. The molecule has 0 radical (unpaired) electrons. The first-order valence-electron chi connectivity index (χ1n) is 4.83. The van der Waals surface area contributed by atoms with Gasteiger partial charge in [0.15, 0.2) is 0 Å². The average molecular weight is 211 g/mol. The number of nitrogens with one attached hydrogen (secondary N) is 2. The quantitative estimate of drug-likeness (QED) is 0.520. The van der Waals surface area contributed by atoms with Crippen LogP contribution in [-0.2, 0) is 0 Å². The van der Waals surface area contributed by atoms with Crippen molar-refractivity contribution in [3.8, 4) is 11.4 Å². The van der Waals surface area contributed by atoms with Crippen molar-refractivity contribution in [2.45, 2.75) is 0 Å². The van der Waals surface area contributed by atoms with Gasteiger partial charge in [0.05, 0.1) is 5.69 Å². The van der Waals surface area contributed by atoms with Gasteiger partial charge in [-0.3, -0.25) is 5.41 Å². The number of fused-ring (bicyclic) bond motifs is 3. The van der Waals surface area contributed by atoms with E-state index >= 15 is 0 Å². The Balaban J connectivity index is 2.58. The summed E-state index contributed by atoms with van der Waals surface area (Å²) >= 11 is 0. The van der Waals surface area contributed by atoms with E-state index < -0.39 is 0 Å². The second-order valence-electron chi connectivity index (χ2n) is 3.58. The van der Waals surface area contributed by atoms with Crippen LogP contribution in [-0.4, -0.2) is 15.0 Å². The first kappa shape index (κ1) is 8.84. The Hall–Kier alpha value is -2.43. The highest BCUT2D eigenvalue weighted by molar-refractivity contribution is 5.93. The fourth-order valence-corrected chi connectivity index (χ4v) is 1.76. The molecule has 0 amide bonds. The molecule has 78 valence electrons. The Labute approximate surface area is 90.8 Å². The van der Waals surface area contributed by atoms with Crippen LogP contribution in [0.1, 0.15) is 0 Å². The normalized spacial score (nSPS) is 11.0. The zero-order valence-electron chi connectivity index (χ0n) is 8.36. The molecule has 0 atom stereocenters. The van der Waals surface area contributed by atoms with Crippen LogP contribution >= 0.6 is 0 Å². The van der Waals surface area contributed by atoms with E-state index in [0.717, 1.165) is 10.8 Å². The number of nitrogens with two attached hydrogens (primary N) is 1. The third-order valence-electron chi connectivity index (χ3n) is 2.48. The van der Waals surface area contributed by atoms with Gasteiger partial charge in [0, 0.05) is 28.9 Å². The number of aromatic amines is 1. The molecule has 0 fully saturated rings. The van der Waals surface area contributed by atoms with Gasteiger partial charge >= 0.3 is 0 Å². The predicted molar refractivity (Wildman–Crippen MR) is 60.8 cm³/mol. The molecule has 4 N–H and O–H groups in total. The predicted octanol–water partition coefficient (Wildman–Crippen LogP) is 1.12. The third-order valence-corrected chi connectivity index (χ3v) is 2.48. The van der Waals surface area contributed by atoms with Crippen molar-refractivity contribution in [1.29, 1.82) is 5.41 Å². The smallest absolute Gasteiger partial charge is 0.243 e. The lowest BCUT2D eigenvalue weighted by Crippen LogP contribution is -1.99. The van der Waals surface area contributed by atoms with Crippen LogP contribution in [0.5, 0.6) is 0 Å². The minimum atomic E-state index is 0.0168. The molecule has 1 aliphatic heterocycles. The van der Waals surface area contributed by atoms with Gasteiger partial charge in [0.1, 0.15) is 5.69 Å². The van der Waals surface area contributed by atoms with Gasteiger partial charge in [-0.25, -0.2) is 9.97 Å². The fourth-order valence-electron chi connectivity index (χ4n) is 1.76. The van der Waals surface area contributed by atoms with Gasteiger partial charge in [-0.2, -0.15) is 0 Å². The van der Waals surface area contributed by atoms with E-state index in [-0.39, 0.29) is 5.62 Å². The van der Waals surface area contributed by atoms with Crippen LogP contribution in [0.4, 0.5) is 5.69 Å². The molecule has 1 aliphatic carbocycles. The minimum Gasteiger partial charge on any atom is -0.399 e. The van der Waals surface area contributed by atoms with E-state index in [1.165, 1.54) is 0 Å². The van der Waals surface area contributed by atoms with Crippen molar-refractivity contribution in [1.82, 2.24) is 15.0 Å². The van der Waals surface area contributed by atoms with Crippen LogP contribution < -0.4 is 11.4 Å². The summed E-state index contributed by atoms with van der Waals surface area (Å²) in [6.07, 6.45) is 3.72. The number of nitrogens with zero attached hydrogens (tertiary/aromatic N) is 2. The number of imidazole rings is 1. The Morgan fingerprint density at radius 3 is 2.94 bits per heavy atom. The zero-order chi connectivity index (χ0) is 11.1. The lowest BCUT2D eigenvalue weighted by molar-refractivity contribution is 1.05. The highest BCUT2D eigenvalue weighted by Gasteiger charge is 2.10. The maximum absolute atomic E-state index is 7.47. The van der Waals surface area contributed by atoms with Crippen molar-refractivity contribution in [3.05, 3.63) is 36.2 Å². The Morgan fingerprint density at radius 1 is 1.19 bits per heavy atom. The van der Waals surface area contributed by atoms with E-state index in [1.54, 1.807) is 6.07 Å². The number of rotatable bonds is 0. The summed E-state index contributed by atoms with van der Waals surface area (Å²) in [5, 5.41) is 9.41. The highest BCUT2D eigenvalue weighted by atomic mass is 15.0. The van der Waals surface area contributed by atoms with Crippen LogP contribution in [0.2, 0.25) is 0 Å². The molecule has 0 spiro atoms. The van der Waals surface area contributed by atoms with Crippen molar-refractivity contribution in [3.63, 3.8) is 0 Å². The molecular weight excluding hydrogens is 202 g/mol. The number of hydrogen-bond acceptors (Lipinski definition) is 4. The SMILES string of the molecule is N=c1nc2cc(N)ccc3c[nH]cc3c-2n1. The number of H-pyrrole nitrogens is 1. The van der Waals surface area contributed by atoms with Gasteiger partial charge in [0.25, 0.3) is 0 Å². The minimum absolute atomic E-state index is 0.0168. The molecule has 5 nitrogen and oxygen atoms in total. The molecule has 1 aromatic heterocycles. The summed E-state index contributed by atoms with van der Waals surface area (Å²) in [4.78, 5) is 11.2. The lowest BCUT2D eigenvalue weighted by Gasteiger charge is -1.95. The number of anilines is 1. The summed E-state index contributed by atoms with van der Waals surface area (Å²) < 4.78 is 0. The number of hydrogen-bond donors (Lipinski definition) is 3. The Morgan fingerprint density at radius 2 is 2.06 bits per heavy atom. The van der Waals surface area contributed by atoms with E-state index in [0.29, 0.717) is 17.1 Å². The molecule has 5 heteroatoms. The second kappa shape index (κ2) is 3.03. The van der Waals surface area contributed by atoms with Crippen LogP contribution in [0.3, 0.4) is 0 Å². The lowest BCUT2D eigenvalue weighted by atomic mass is 10.1. The van der Waals surface area contributed by atoms with Crippen LogP contribution in [0, 0.1) is 5.41 Å². The maximum atomic E-state index is 7.47. The van der Waals surface area contributed by atoms with Gasteiger partial charge in [-0.1, -0.05) is 6.07 Å². The largest absolute Gasteiger partial charge is 0.399 e. The highest BCUT2D eigenvalue weighted by Crippen LogP contribution is 2.25. The molecule has 2 heterocycles. The van der Waals surface area contributed by atoms with E-state index in [2.05, 4.69) is 15.0 Å². The Bertz CT molecular complexity index is 700. The number of aromatic nitrogens is 3. The Kier molecular flexibility index (Phi) is 1.67. The van der Waals surface area contributed by atoms with Gasteiger partial charge in [0.2, 0.25) is 5.62 Å². The first-order chi connectivity index (χ1) is 7.74. The van der Waals surface area contributed by atoms with E-state index in [1.807, 2.05) is 24.5 Å². The fraction of sp³-hybridized carbons (Fsp3) is 0. The molecular formula is C11H9N5. The van der Waals surface area contributed by atoms with Crippen molar-refractivity contribution >= 4 is 16.5 Å². The summed E-state index contributed by atoms with van der Waals surface area (Å²) in [6, 6.07) is 5.46. The number of nitrogen functional groups attached to an aromatic ring is 1. The topological polar surface area (TPSA) is 91.4 Å². The average Bonchev–Trinajstić information content (AvgIpc) is 2.80. The van der Waals surface area contributed by atoms with Gasteiger partial charge < -0.3 is 10.7 Å². The molecule has 2 aliphatic rings. The van der Waals surface area contributed by atoms with Crippen molar-refractivity contribution in [2.24, 2.45) is 0 Å². The van der Waals surface area contributed by atoms with Crippen LogP contribution in [0.15, 0.2) is 30.6 Å². The monoisotopic (exact) mass is 211 g/mol. The molecule has 3 rings (SSSR count). The molecule has 1 aromatic rings. The molecule has 0 aromatic carbocycles. The second-order valence-corrected chi connectivity index (χ2v) is 3.58. The van der Waals surface area contributed by atoms with E-state index in [4.69, 9.17) is 11.1 Å². The van der Waals surface area contributed by atoms with Crippen molar-refractivity contribution in [2.75, 3.05) is 5.73 Å². The third kappa shape index (κ3) is 1.22. The molecule has 0 bridgehead atoms. The van der Waals surface area contributed by atoms with Gasteiger partial charge in [-0.05, 0) is 12.1 Å². The van der Waals surface area contributed by atoms with Crippen molar-refractivity contribution < 1.29 is 0 Å². The summed E-state index contributed by atoms with van der Waals surface area (Å²) in [5.41, 5.74) is 7.76. The molecule has 0 saturated carbocycles. The summed E-state index contributed by atoms with van der Waals surface area (Å²) in [6.45, 7) is 0. The van der Waals surface area contributed by atoms with E-state index in [9.17, 15) is 0 Å². The van der Waals surface area contributed by atoms with Gasteiger partial charge in [-0.15, -0.1) is 0 Å². The molecule has 0 saturated heterocycles. The maximum Gasteiger partial charge on any atom is 0.243 e. The van der Waals surface area contributed by atoms with Crippen LogP contribution in [0.25, 0.3) is 22.2 Å². The molecule has 16 heavy (non-hydrogen) atoms.